The molecule has 9 heteroatoms. The SMILES string of the molecule is CNc1ncc2cc(-c3c(C)ccc4c(Nc5ccc6c(c5)C(F)(F)CCO6)nn(C)c34)ccc2n1. The van der Waals surface area contributed by atoms with E-state index >= 15 is 0 Å². The Bertz CT molecular complexity index is 1650. The van der Waals surface area contributed by atoms with Gasteiger partial charge in [0.2, 0.25) is 5.95 Å². The summed E-state index contributed by atoms with van der Waals surface area (Å²) in [6.45, 7) is 2.07. The van der Waals surface area contributed by atoms with Gasteiger partial charge < -0.3 is 15.4 Å². The average molecular weight is 487 g/mol. The summed E-state index contributed by atoms with van der Waals surface area (Å²) in [6.07, 6.45) is 1.48. The number of aromatic nitrogens is 4. The van der Waals surface area contributed by atoms with Crippen LogP contribution in [0.25, 0.3) is 32.9 Å². The van der Waals surface area contributed by atoms with E-state index in [0.717, 1.165) is 38.5 Å². The smallest absolute Gasteiger partial charge is 0.280 e. The monoisotopic (exact) mass is 486 g/mol. The number of aryl methyl sites for hydroxylation is 2. The van der Waals surface area contributed by atoms with Gasteiger partial charge in [-0.3, -0.25) is 4.68 Å². The number of rotatable bonds is 4. The standard InChI is InChI=1S/C27H24F2N6O/c1-15-4-7-19-24(23(15)16-5-8-21-17(12-16)14-31-26(30-2)33-21)35(3)34-25(19)32-18-6-9-22-20(13-18)27(28,29)10-11-36-22/h4-9,12-14H,10-11H2,1-3H3,(H,32,34)(H,30,31,33). The van der Waals surface area contributed by atoms with Crippen LogP contribution in [0.5, 0.6) is 5.75 Å². The maximum atomic E-state index is 14.5. The molecule has 0 aliphatic carbocycles. The van der Waals surface area contributed by atoms with Gasteiger partial charge in [0.1, 0.15) is 5.75 Å². The highest BCUT2D eigenvalue weighted by Gasteiger charge is 2.38. The van der Waals surface area contributed by atoms with Crippen LogP contribution in [0.3, 0.4) is 0 Å². The van der Waals surface area contributed by atoms with Gasteiger partial charge in [-0.2, -0.15) is 5.10 Å². The predicted molar refractivity (Wildman–Crippen MR) is 137 cm³/mol. The van der Waals surface area contributed by atoms with Crippen LogP contribution >= 0.6 is 0 Å². The van der Waals surface area contributed by atoms with Gasteiger partial charge >= 0.3 is 0 Å². The highest BCUT2D eigenvalue weighted by molar-refractivity contribution is 6.03. The molecule has 1 aliphatic heterocycles. The van der Waals surface area contributed by atoms with Crippen LogP contribution < -0.4 is 15.4 Å². The summed E-state index contributed by atoms with van der Waals surface area (Å²) in [7, 11) is 3.67. The Labute approximate surface area is 206 Å². The summed E-state index contributed by atoms with van der Waals surface area (Å²) in [5.74, 6) is -1.53. The molecule has 0 radical (unpaired) electrons. The number of nitrogens with one attached hydrogen (secondary N) is 2. The molecule has 0 fully saturated rings. The maximum absolute atomic E-state index is 14.5. The fraction of sp³-hybridized carbons (Fsp3) is 0.222. The van der Waals surface area contributed by atoms with Crippen molar-refractivity contribution in [1.82, 2.24) is 19.7 Å². The molecule has 36 heavy (non-hydrogen) atoms. The molecule has 2 aromatic heterocycles. The second-order valence-corrected chi connectivity index (χ2v) is 8.98. The Morgan fingerprint density at radius 1 is 1.08 bits per heavy atom. The van der Waals surface area contributed by atoms with E-state index in [9.17, 15) is 8.78 Å². The minimum atomic E-state index is -2.92. The summed E-state index contributed by atoms with van der Waals surface area (Å²) in [4.78, 5) is 8.85. The zero-order valence-corrected chi connectivity index (χ0v) is 20.1. The van der Waals surface area contributed by atoms with Crippen molar-refractivity contribution in [3.05, 3.63) is 65.9 Å². The molecule has 2 N–H and O–H groups in total. The number of hydrogen-bond acceptors (Lipinski definition) is 6. The highest BCUT2D eigenvalue weighted by atomic mass is 19.3. The lowest BCUT2D eigenvalue weighted by Crippen LogP contribution is -2.24. The van der Waals surface area contributed by atoms with Gasteiger partial charge in [0, 0.05) is 42.3 Å². The fourth-order valence-electron chi connectivity index (χ4n) is 4.82. The summed E-state index contributed by atoms with van der Waals surface area (Å²) in [5, 5.41) is 12.7. The number of fused-ring (bicyclic) bond motifs is 3. The fourth-order valence-corrected chi connectivity index (χ4v) is 4.82. The van der Waals surface area contributed by atoms with Crippen molar-refractivity contribution in [3.63, 3.8) is 0 Å². The van der Waals surface area contributed by atoms with Crippen LogP contribution in [0.15, 0.2) is 54.7 Å². The van der Waals surface area contributed by atoms with Crippen molar-refractivity contribution in [3.8, 4) is 16.9 Å². The van der Waals surface area contributed by atoms with Crippen LogP contribution in [0.4, 0.5) is 26.2 Å². The quantitative estimate of drug-likeness (QED) is 0.317. The van der Waals surface area contributed by atoms with E-state index in [1.54, 1.807) is 25.4 Å². The average Bonchev–Trinajstić information content (AvgIpc) is 3.18. The van der Waals surface area contributed by atoms with Crippen LogP contribution in [0.1, 0.15) is 17.5 Å². The van der Waals surface area contributed by atoms with Gasteiger partial charge in [0.05, 0.1) is 29.6 Å². The molecule has 5 aromatic rings. The number of anilines is 3. The van der Waals surface area contributed by atoms with Crippen molar-refractivity contribution in [2.24, 2.45) is 7.05 Å². The van der Waals surface area contributed by atoms with Gasteiger partial charge in [-0.15, -0.1) is 0 Å². The van der Waals surface area contributed by atoms with Crippen LogP contribution in [-0.4, -0.2) is 33.4 Å². The Morgan fingerprint density at radius 2 is 1.94 bits per heavy atom. The Hall–Kier alpha value is -4.27. The molecule has 0 bridgehead atoms. The van der Waals surface area contributed by atoms with Crippen molar-refractivity contribution >= 4 is 39.3 Å². The van der Waals surface area contributed by atoms with Crippen molar-refractivity contribution in [1.29, 1.82) is 0 Å². The first kappa shape index (κ1) is 22.2. The molecule has 7 nitrogen and oxygen atoms in total. The Kier molecular flexibility index (Phi) is 5.03. The van der Waals surface area contributed by atoms with E-state index in [1.165, 1.54) is 6.07 Å². The van der Waals surface area contributed by atoms with Gasteiger partial charge in [-0.1, -0.05) is 12.1 Å². The normalized spacial score (nSPS) is 14.5. The molecule has 6 rings (SSSR count). The lowest BCUT2D eigenvalue weighted by molar-refractivity contribution is -0.0404. The van der Waals surface area contributed by atoms with E-state index < -0.39 is 5.92 Å². The minimum absolute atomic E-state index is 0.0112. The molecule has 182 valence electrons. The van der Waals surface area contributed by atoms with Gasteiger partial charge in [-0.05, 0) is 54.4 Å². The predicted octanol–water partition coefficient (Wildman–Crippen LogP) is 6.15. The number of hydrogen-bond donors (Lipinski definition) is 2. The molecule has 0 unspecified atom stereocenters. The molecule has 3 heterocycles. The largest absolute Gasteiger partial charge is 0.493 e. The molecule has 0 saturated heterocycles. The molecule has 0 spiro atoms. The van der Waals surface area contributed by atoms with E-state index in [-0.39, 0.29) is 24.3 Å². The third kappa shape index (κ3) is 3.59. The lowest BCUT2D eigenvalue weighted by atomic mass is 9.96. The van der Waals surface area contributed by atoms with E-state index in [1.807, 2.05) is 36.0 Å². The first-order valence-electron chi connectivity index (χ1n) is 11.7. The first-order chi connectivity index (χ1) is 17.3. The van der Waals surface area contributed by atoms with Crippen LogP contribution in [0, 0.1) is 6.92 Å². The number of nitrogens with zero attached hydrogens (tertiary/aromatic N) is 4. The minimum Gasteiger partial charge on any atom is -0.493 e. The zero-order chi connectivity index (χ0) is 25.0. The molecular formula is C27H24F2N6O. The summed E-state index contributed by atoms with van der Waals surface area (Å²) >= 11 is 0. The second-order valence-electron chi connectivity index (χ2n) is 8.98. The lowest BCUT2D eigenvalue weighted by Gasteiger charge is -2.26. The number of alkyl halides is 2. The topological polar surface area (TPSA) is 76.9 Å². The molecule has 1 aliphatic rings. The molecule has 0 atom stereocenters. The Morgan fingerprint density at radius 3 is 2.78 bits per heavy atom. The van der Waals surface area contributed by atoms with Crippen molar-refractivity contribution in [2.75, 3.05) is 24.3 Å². The first-order valence-corrected chi connectivity index (χ1v) is 11.7. The molecular weight excluding hydrogens is 462 g/mol. The van der Waals surface area contributed by atoms with Gasteiger partial charge in [0.25, 0.3) is 5.92 Å². The van der Waals surface area contributed by atoms with Crippen molar-refractivity contribution < 1.29 is 13.5 Å². The zero-order valence-electron chi connectivity index (χ0n) is 20.1. The molecule has 0 saturated carbocycles. The second kappa shape index (κ2) is 8.15. The summed E-state index contributed by atoms with van der Waals surface area (Å²) in [5.41, 5.74) is 5.38. The number of halogens is 2. The number of benzene rings is 3. The van der Waals surface area contributed by atoms with E-state index in [0.29, 0.717) is 17.5 Å². The van der Waals surface area contributed by atoms with Crippen LogP contribution in [0.2, 0.25) is 0 Å². The Balaban J connectivity index is 1.44. The summed E-state index contributed by atoms with van der Waals surface area (Å²) in [6, 6.07) is 14.9. The maximum Gasteiger partial charge on any atom is 0.280 e. The molecule has 3 aromatic carbocycles. The van der Waals surface area contributed by atoms with E-state index in [4.69, 9.17) is 9.84 Å². The van der Waals surface area contributed by atoms with E-state index in [2.05, 4.69) is 33.6 Å². The summed E-state index contributed by atoms with van der Waals surface area (Å²) < 4.78 is 36.2. The van der Waals surface area contributed by atoms with Crippen molar-refractivity contribution in [2.45, 2.75) is 19.3 Å². The third-order valence-electron chi connectivity index (χ3n) is 6.62. The number of ether oxygens (including phenoxy) is 1. The third-order valence-corrected chi connectivity index (χ3v) is 6.62. The van der Waals surface area contributed by atoms with Gasteiger partial charge in [0.15, 0.2) is 5.82 Å². The van der Waals surface area contributed by atoms with Gasteiger partial charge in [-0.25, -0.2) is 18.7 Å². The molecule has 0 amide bonds. The highest BCUT2D eigenvalue weighted by Crippen LogP contribution is 2.43. The van der Waals surface area contributed by atoms with Crippen LogP contribution in [-0.2, 0) is 13.0 Å².